The zero-order valence-corrected chi connectivity index (χ0v) is 17.3. The number of aromatic amines is 1. The number of rotatable bonds is 5. The van der Waals surface area contributed by atoms with Crippen LogP contribution in [0.5, 0.6) is 0 Å². The van der Waals surface area contributed by atoms with Crippen LogP contribution < -0.4 is 5.32 Å². The average Bonchev–Trinajstić information content (AvgIpc) is 3.54. The standard InChI is InChI=1S/C25H22FN3O3/c26-17-6-2-4-8-19(17)28-23(30)21-20-9-11-25(32-20)14-29(24(31)22(21)25)12-10-15-13-27-18-7-3-1-5-16(15)18/h1-9,11,13,20-22,27H,10,12,14H2,(H,28,30)/t20?,21?,22?,25-/m1/s1. The molecule has 1 aromatic heterocycles. The zero-order chi connectivity index (χ0) is 21.9. The molecule has 32 heavy (non-hydrogen) atoms. The minimum Gasteiger partial charge on any atom is -0.361 e. The molecule has 2 amide bonds. The molecule has 2 saturated heterocycles. The minimum atomic E-state index is -0.779. The van der Waals surface area contributed by atoms with Gasteiger partial charge < -0.3 is 19.9 Å². The fraction of sp³-hybridized carbons (Fsp3) is 0.280. The second-order valence-corrected chi connectivity index (χ2v) is 8.74. The molecule has 3 unspecified atom stereocenters. The molecule has 1 spiro atoms. The van der Waals surface area contributed by atoms with Crippen LogP contribution in [0.25, 0.3) is 10.9 Å². The van der Waals surface area contributed by atoms with E-state index in [0.717, 1.165) is 16.5 Å². The van der Waals surface area contributed by atoms with E-state index in [2.05, 4.69) is 16.4 Å². The van der Waals surface area contributed by atoms with Crippen molar-refractivity contribution in [2.75, 3.05) is 18.4 Å². The maximum atomic E-state index is 14.0. The van der Waals surface area contributed by atoms with Gasteiger partial charge in [0.15, 0.2) is 0 Å². The highest BCUT2D eigenvalue weighted by Gasteiger charge is 2.66. The second kappa shape index (κ2) is 7.03. The van der Waals surface area contributed by atoms with Crippen LogP contribution in [0.15, 0.2) is 66.9 Å². The largest absolute Gasteiger partial charge is 0.361 e. The van der Waals surface area contributed by atoms with Gasteiger partial charge >= 0.3 is 0 Å². The van der Waals surface area contributed by atoms with Crippen molar-refractivity contribution in [3.05, 3.63) is 78.3 Å². The highest BCUT2D eigenvalue weighted by molar-refractivity contribution is 5.99. The normalized spacial score (nSPS) is 28.0. The summed E-state index contributed by atoms with van der Waals surface area (Å²) in [7, 11) is 0. The summed E-state index contributed by atoms with van der Waals surface area (Å²) in [4.78, 5) is 31.5. The lowest BCUT2D eigenvalue weighted by Gasteiger charge is -2.23. The van der Waals surface area contributed by atoms with E-state index >= 15 is 0 Å². The van der Waals surface area contributed by atoms with Gasteiger partial charge in [0, 0.05) is 23.6 Å². The van der Waals surface area contributed by atoms with Gasteiger partial charge in [-0.15, -0.1) is 0 Å². The third-order valence-electron chi connectivity index (χ3n) is 6.94. The van der Waals surface area contributed by atoms with E-state index in [1.807, 2.05) is 36.5 Å². The molecule has 4 atom stereocenters. The van der Waals surface area contributed by atoms with Gasteiger partial charge in [-0.2, -0.15) is 0 Å². The number of para-hydroxylation sites is 2. The summed E-state index contributed by atoms with van der Waals surface area (Å²) in [6, 6.07) is 14.1. The summed E-state index contributed by atoms with van der Waals surface area (Å²) in [5.74, 6) is -2.24. The van der Waals surface area contributed by atoms with Gasteiger partial charge in [-0.25, -0.2) is 4.39 Å². The lowest BCUT2D eigenvalue weighted by Crippen LogP contribution is -2.41. The molecule has 0 aliphatic carbocycles. The predicted octanol–water partition coefficient (Wildman–Crippen LogP) is 3.27. The molecule has 2 fully saturated rings. The molecule has 0 saturated carbocycles. The number of nitrogens with one attached hydrogen (secondary N) is 2. The van der Waals surface area contributed by atoms with Crippen LogP contribution in [0.3, 0.4) is 0 Å². The highest BCUT2D eigenvalue weighted by Crippen LogP contribution is 2.52. The van der Waals surface area contributed by atoms with E-state index in [4.69, 9.17) is 4.74 Å². The van der Waals surface area contributed by atoms with Gasteiger partial charge in [0.25, 0.3) is 0 Å². The Morgan fingerprint density at radius 2 is 2.03 bits per heavy atom. The molecule has 162 valence electrons. The number of hydrogen-bond donors (Lipinski definition) is 2. The number of likely N-dealkylation sites (tertiary alicyclic amines) is 1. The number of anilines is 1. The molecule has 3 aliphatic rings. The van der Waals surface area contributed by atoms with Gasteiger partial charge in [-0.05, 0) is 30.2 Å². The molecule has 2 bridgehead atoms. The molecular formula is C25H22FN3O3. The van der Waals surface area contributed by atoms with E-state index in [-0.39, 0.29) is 17.5 Å². The Bertz CT molecular complexity index is 1270. The molecule has 6 rings (SSSR count). The number of fused-ring (bicyclic) bond motifs is 2. The number of carbonyl (C=O) groups is 2. The first kappa shape index (κ1) is 19.3. The fourth-order valence-electron chi connectivity index (χ4n) is 5.44. The summed E-state index contributed by atoms with van der Waals surface area (Å²) in [5.41, 5.74) is 1.55. The number of ether oxygens (including phenoxy) is 1. The molecule has 6 nitrogen and oxygen atoms in total. The molecule has 0 radical (unpaired) electrons. The number of aromatic nitrogens is 1. The predicted molar refractivity (Wildman–Crippen MR) is 117 cm³/mol. The van der Waals surface area contributed by atoms with Crippen LogP contribution in [-0.4, -0.2) is 46.5 Å². The van der Waals surface area contributed by atoms with Crippen LogP contribution in [-0.2, 0) is 20.7 Å². The lowest BCUT2D eigenvalue weighted by molar-refractivity contribution is -0.135. The maximum absolute atomic E-state index is 14.0. The number of benzene rings is 2. The first-order valence-electron chi connectivity index (χ1n) is 10.8. The van der Waals surface area contributed by atoms with Crippen molar-refractivity contribution in [3.8, 4) is 0 Å². The molecule has 4 heterocycles. The molecule has 2 aromatic carbocycles. The fourth-order valence-corrected chi connectivity index (χ4v) is 5.44. The molecule has 2 N–H and O–H groups in total. The number of amides is 2. The second-order valence-electron chi connectivity index (χ2n) is 8.74. The molecule has 3 aromatic rings. The van der Waals surface area contributed by atoms with Gasteiger partial charge in [-0.1, -0.05) is 42.5 Å². The summed E-state index contributed by atoms with van der Waals surface area (Å²) in [5, 5.41) is 3.80. The van der Waals surface area contributed by atoms with Crippen LogP contribution in [0.2, 0.25) is 0 Å². The summed E-state index contributed by atoms with van der Waals surface area (Å²) < 4.78 is 20.2. The van der Waals surface area contributed by atoms with Crippen molar-refractivity contribution < 1.29 is 18.7 Å². The Labute approximate surface area is 184 Å². The Hall–Kier alpha value is -3.45. The number of carbonyl (C=O) groups excluding carboxylic acids is 2. The zero-order valence-electron chi connectivity index (χ0n) is 17.3. The number of nitrogens with zero attached hydrogens (tertiary/aromatic N) is 1. The van der Waals surface area contributed by atoms with Gasteiger partial charge in [0.2, 0.25) is 11.8 Å². The van der Waals surface area contributed by atoms with E-state index in [0.29, 0.717) is 19.5 Å². The summed E-state index contributed by atoms with van der Waals surface area (Å²) in [6.07, 6.45) is 6.01. The van der Waals surface area contributed by atoms with E-state index in [1.54, 1.807) is 17.0 Å². The van der Waals surface area contributed by atoms with Crippen LogP contribution in [0, 0.1) is 17.7 Å². The third kappa shape index (κ3) is 2.81. The Morgan fingerprint density at radius 3 is 2.91 bits per heavy atom. The van der Waals surface area contributed by atoms with Gasteiger partial charge in [-0.3, -0.25) is 9.59 Å². The molecular weight excluding hydrogens is 409 g/mol. The van der Waals surface area contributed by atoms with Crippen molar-refractivity contribution in [1.29, 1.82) is 0 Å². The smallest absolute Gasteiger partial charge is 0.231 e. The number of halogens is 1. The van der Waals surface area contributed by atoms with Crippen molar-refractivity contribution >= 4 is 28.4 Å². The lowest BCUT2D eigenvalue weighted by atomic mass is 9.77. The monoisotopic (exact) mass is 431 g/mol. The third-order valence-corrected chi connectivity index (χ3v) is 6.94. The van der Waals surface area contributed by atoms with Crippen LogP contribution in [0.1, 0.15) is 5.56 Å². The Kier molecular flexibility index (Phi) is 4.23. The van der Waals surface area contributed by atoms with Gasteiger partial charge in [0.1, 0.15) is 11.4 Å². The topological polar surface area (TPSA) is 74.4 Å². The average molecular weight is 431 g/mol. The first-order chi connectivity index (χ1) is 15.6. The van der Waals surface area contributed by atoms with E-state index < -0.39 is 29.4 Å². The molecule has 7 heteroatoms. The van der Waals surface area contributed by atoms with E-state index in [9.17, 15) is 14.0 Å². The number of hydrogen-bond acceptors (Lipinski definition) is 3. The van der Waals surface area contributed by atoms with Crippen molar-refractivity contribution in [2.24, 2.45) is 11.8 Å². The van der Waals surface area contributed by atoms with Crippen molar-refractivity contribution in [2.45, 2.75) is 18.1 Å². The van der Waals surface area contributed by atoms with Crippen LogP contribution in [0.4, 0.5) is 10.1 Å². The highest BCUT2D eigenvalue weighted by atomic mass is 19.1. The Morgan fingerprint density at radius 1 is 1.22 bits per heavy atom. The van der Waals surface area contributed by atoms with Gasteiger partial charge in [0.05, 0.1) is 30.2 Å². The number of H-pyrrole nitrogens is 1. The SMILES string of the molecule is O=C(Nc1ccccc1F)C1C2C=C[C@]3(CN(CCc4c[nH]c5ccccc45)C(=O)C13)O2. The van der Waals surface area contributed by atoms with E-state index in [1.165, 1.54) is 12.1 Å². The van der Waals surface area contributed by atoms with Crippen molar-refractivity contribution in [3.63, 3.8) is 0 Å². The minimum absolute atomic E-state index is 0.0784. The first-order valence-corrected chi connectivity index (χ1v) is 10.8. The quantitative estimate of drug-likeness (QED) is 0.609. The van der Waals surface area contributed by atoms with Crippen molar-refractivity contribution in [1.82, 2.24) is 9.88 Å². The summed E-state index contributed by atoms with van der Waals surface area (Å²) >= 11 is 0. The molecule has 3 aliphatic heterocycles. The summed E-state index contributed by atoms with van der Waals surface area (Å²) in [6.45, 7) is 0.970. The van der Waals surface area contributed by atoms with Crippen LogP contribution >= 0.6 is 0 Å². The Balaban J connectivity index is 1.21. The maximum Gasteiger partial charge on any atom is 0.231 e.